The van der Waals surface area contributed by atoms with E-state index in [9.17, 15) is 4.79 Å². The van der Waals surface area contributed by atoms with E-state index in [-0.39, 0.29) is 5.91 Å². The van der Waals surface area contributed by atoms with E-state index in [1.165, 1.54) is 10.5 Å². The summed E-state index contributed by atoms with van der Waals surface area (Å²) in [5.74, 6) is 1.04. The maximum Gasteiger partial charge on any atom is 0.221 e. The first-order valence-corrected chi connectivity index (χ1v) is 7.42. The average Bonchev–Trinajstić information content (AvgIpc) is 3.16. The van der Waals surface area contributed by atoms with Gasteiger partial charge in [-0.25, -0.2) is 0 Å². The molecule has 1 aromatic carbocycles. The molecule has 0 unspecified atom stereocenters. The van der Waals surface area contributed by atoms with E-state index in [0.29, 0.717) is 12.5 Å². The molecule has 1 saturated carbocycles. The standard InChI is InChI=1S/C14H20N2OS/c1-15-10-11-2-6-13(7-3-11)18-9-8-14(17)16-12-4-5-12/h2-3,6-7,12,15H,4-5,8-10H2,1H3,(H,16,17). The predicted octanol–water partition coefficient (Wildman–Crippen LogP) is 2.17. The van der Waals surface area contributed by atoms with Crippen molar-refractivity contribution in [3.63, 3.8) is 0 Å². The van der Waals surface area contributed by atoms with Gasteiger partial charge >= 0.3 is 0 Å². The first-order chi connectivity index (χ1) is 8.78. The summed E-state index contributed by atoms with van der Waals surface area (Å²) >= 11 is 1.74. The molecule has 2 N–H and O–H groups in total. The normalized spacial score (nSPS) is 14.5. The number of thioether (sulfide) groups is 1. The van der Waals surface area contributed by atoms with E-state index in [1.54, 1.807) is 11.8 Å². The molecule has 0 aromatic heterocycles. The average molecular weight is 264 g/mol. The van der Waals surface area contributed by atoms with E-state index in [4.69, 9.17) is 0 Å². The van der Waals surface area contributed by atoms with Gasteiger partial charge < -0.3 is 10.6 Å². The highest BCUT2D eigenvalue weighted by Crippen LogP contribution is 2.21. The molecule has 18 heavy (non-hydrogen) atoms. The summed E-state index contributed by atoms with van der Waals surface area (Å²) in [7, 11) is 1.95. The smallest absolute Gasteiger partial charge is 0.221 e. The second kappa shape index (κ2) is 6.81. The molecular weight excluding hydrogens is 244 g/mol. The van der Waals surface area contributed by atoms with Gasteiger partial charge in [-0.3, -0.25) is 4.79 Å². The summed E-state index contributed by atoms with van der Waals surface area (Å²) in [5, 5.41) is 6.13. The third-order valence-electron chi connectivity index (χ3n) is 2.84. The molecule has 1 amide bonds. The zero-order valence-corrected chi connectivity index (χ0v) is 11.6. The molecule has 0 aliphatic heterocycles. The third kappa shape index (κ3) is 4.70. The van der Waals surface area contributed by atoms with Gasteiger partial charge in [0.1, 0.15) is 0 Å². The zero-order chi connectivity index (χ0) is 12.8. The van der Waals surface area contributed by atoms with E-state index >= 15 is 0 Å². The second-order valence-corrected chi connectivity index (χ2v) is 5.78. The fraction of sp³-hybridized carbons (Fsp3) is 0.500. The van der Waals surface area contributed by atoms with Crippen LogP contribution >= 0.6 is 11.8 Å². The summed E-state index contributed by atoms with van der Waals surface area (Å²) in [6, 6.07) is 8.97. The molecule has 2 rings (SSSR count). The maximum absolute atomic E-state index is 11.5. The first-order valence-electron chi connectivity index (χ1n) is 6.43. The molecule has 1 fully saturated rings. The largest absolute Gasteiger partial charge is 0.353 e. The van der Waals surface area contributed by atoms with Gasteiger partial charge in [0.05, 0.1) is 0 Å². The molecule has 4 heteroatoms. The van der Waals surface area contributed by atoms with Crippen LogP contribution in [0.4, 0.5) is 0 Å². The number of carbonyl (C=O) groups is 1. The number of nitrogens with one attached hydrogen (secondary N) is 2. The molecule has 0 spiro atoms. The molecule has 0 saturated heterocycles. The molecule has 0 heterocycles. The molecule has 1 aromatic rings. The van der Waals surface area contributed by atoms with E-state index in [2.05, 4.69) is 34.9 Å². The quantitative estimate of drug-likeness (QED) is 0.742. The minimum Gasteiger partial charge on any atom is -0.353 e. The molecule has 0 bridgehead atoms. The van der Waals surface area contributed by atoms with Gasteiger partial charge in [-0.05, 0) is 37.6 Å². The van der Waals surface area contributed by atoms with Crippen LogP contribution in [0.5, 0.6) is 0 Å². The summed E-state index contributed by atoms with van der Waals surface area (Å²) in [6.45, 7) is 0.898. The van der Waals surface area contributed by atoms with Crippen LogP contribution in [-0.2, 0) is 11.3 Å². The Morgan fingerprint density at radius 2 is 2.06 bits per heavy atom. The van der Waals surface area contributed by atoms with Crippen LogP contribution in [0, 0.1) is 0 Å². The van der Waals surface area contributed by atoms with Gasteiger partial charge in [-0.15, -0.1) is 11.8 Å². The summed E-state index contributed by atoms with van der Waals surface area (Å²) in [6.07, 6.45) is 2.93. The van der Waals surface area contributed by atoms with Crippen molar-refractivity contribution in [3.8, 4) is 0 Å². The van der Waals surface area contributed by atoms with Crippen LogP contribution in [0.15, 0.2) is 29.2 Å². The van der Waals surface area contributed by atoms with Crippen molar-refractivity contribution in [1.82, 2.24) is 10.6 Å². The monoisotopic (exact) mass is 264 g/mol. The summed E-state index contributed by atoms with van der Waals surface area (Å²) < 4.78 is 0. The Morgan fingerprint density at radius 1 is 1.33 bits per heavy atom. The molecular formula is C14H20N2OS. The lowest BCUT2D eigenvalue weighted by atomic mass is 10.2. The topological polar surface area (TPSA) is 41.1 Å². The summed E-state index contributed by atoms with van der Waals surface area (Å²) in [5.41, 5.74) is 1.29. The van der Waals surface area contributed by atoms with Gasteiger partial charge in [-0.2, -0.15) is 0 Å². The number of amides is 1. The van der Waals surface area contributed by atoms with E-state index in [0.717, 1.165) is 25.1 Å². The molecule has 0 radical (unpaired) electrons. The highest BCUT2D eigenvalue weighted by atomic mass is 32.2. The minimum atomic E-state index is 0.191. The number of hydrogen-bond acceptors (Lipinski definition) is 3. The lowest BCUT2D eigenvalue weighted by Crippen LogP contribution is -2.25. The van der Waals surface area contributed by atoms with Crippen LogP contribution in [0.25, 0.3) is 0 Å². The summed E-state index contributed by atoms with van der Waals surface area (Å²) in [4.78, 5) is 12.7. The van der Waals surface area contributed by atoms with Crippen LogP contribution < -0.4 is 10.6 Å². The van der Waals surface area contributed by atoms with Crippen molar-refractivity contribution in [2.45, 2.75) is 36.7 Å². The van der Waals surface area contributed by atoms with Crippen molar-refractivity contribution in [2.75, 3.05) is 12.8 Å². The molecule has 3 nitrogen and oxygen atoms in total. The van der Waals surface area contributed by atoms with Crippen molar-refractivity contribution < 1.29 is 4.79 Å². The van der Waals surface area contributed by atoms with Crippen molar-refractivity contribution in [2.24, 2.45) is 0 Å². The lowest BCUT2D eigenvalue weighted by molar-refractivity contribution is -0.120. The zero-order valence-electron chi connectivity index (χ0n) is 10.7. The third-order valence-corrected chi connectivity index (χ3v) is 3.86. The number of hydrogen-bond donors (Lipinski definition) is 2. The van der Waals surface area contributed by atoms with Crippen LogP contribution in [0.3, 0.4) is 0 Å². The van der Waals surface area contributed by atoms with Gasteiger partial charge in [0, 0.05) is 29.7 Å². The highest BCUT2D eigenvalue weighted by molar-refractivity contribution is 7.99. The van der Waals surface area contributed by atoms with Crippen molar-refractivity contribution in [1.29, 1.82) is 0 Å². The number of benzene rings is 1. The Hall–Kier alpha value is -1.00. The molecule has 98 valence electrons. The van der Waals surface area contributed by atoms with Gasteiger partial charge in [0.25, 0.3) is 0 Å². The Bertz CT molecular complexity index is 387. The highest BCUT2D eigenvalue weighted by Gasteiger charge is 2.22. The Morgan fingerprint density at radius 3 is 2.67 bits per heavy atom. The van der Waals surface area contributed by atoms with Crippen molar-refractivity contribution in [3.05, 3.63) is 29.8 Å². The van der Waals surface area contributed by atoms with Gasteiger partial charge in [0.2, 0.25) is 5.91 Å². The van der Waals surface area contributed by atoms with Crippen LogP contribution in [0.1, 0.15) is 24.8 Å². The minimum absolute atomic E-state index is 0.191. The number of rotatable bonds is 7. The molecule has 1 aliphatic carbocycles. The second-order valence-electron chi connectivity index (χ2n) is 4.61. The fourth-order valence-electron chi connectivity index (χ4n) is 1.70. The van der Waals surface area contributed by atoms with Crippen molar-refractivity contribution >= 4 is 17.7 Å². The van der Waals surface area contributed by atoms with Crippen LogP contribution in [-0.4, -0.2) is 24.7 Å². The lowest BCUT2D eigenvalue weighted by Gasteiger charge is -2.04. The van der Waals surface area contributed by atoms with Gasteiger partial charge in [0.15, 0.2) is 0 Å². The number of carbonyl (C=O) groups excluding carboxylic acids is 1. The molecule has 0 atom stereocenters. The maximum atomic E-state index is 11.5. The Balaban J connectivity index is 1.67. The Labute approximate surface area is 113 Å². The molecule has 1 aliphatic rings. The fourth-order valence-corrected chi connectivity index (χ4v) is 2.55. The SMILES string of the molecule is CNCc1ccc(SCCC(=O)NC2CC2)cc1. The van der Waals surface area contributed by atoms with E-state index < -0.39 is 0 Å². The first kappa shape index (κ1) is 13.4. The Kier molecular flexibility index (Phi) is 5.08. The predicted molar refractivity (Wildman–Crippen MR) is 75.7 cm³/mol. The van der Waals surface area contributed by atoms with Gasteiger partial charge in [-0.1, -0.05) is 12.1 Å². The van der Waals surface area contributed by atoms with E-state index in [1.807, 2.05) is 7.05 Å². The van der Waals surface area contributed by atoms with Crippen LogP contribution in [0.2, 0.25) is 0 Å².